The van der Waals surface area contributed by atoms with Crippen molar-refractivity contribution in [1.29, 1.82) is 0 Å². The van der Waals surface area contributed by atoms with Crippen LogP contribution in [0.5, 0.6) is 0 Å². The molecule has 3 saturated heterocycles. The van der Waals surface area contributed by atoms with E-state index >= 15 is 0 Å². The highest BCUT2D eigenvalue weighted by Gasteiger charge is 2.47. The Balaban J connectivity index is 1.39. The van der Waals surface area contributed by atoms with Crippen molar-refractivity contribution in [1.82, 2.24) is 31.3 Å². The number of fused-ring (bicyclic) bond motifs is 1. The van der Waals surface area contributed by atoms with Crippen molar-refractivity contribution < 1.29 is 9.18 Å². The van der Waals surface area contributed by atoms with Crippen molar-refractivity contribution in [3.8, 4) is 0 Å². The topological polar surface area (TPSA) is 97.7 Å². The minimum atomic E-state index is -0.946. The molecule has 9 heteroatoms. The first-order valence-corrected chi connectivity index (χ1v) is 9.56. The molecule has 1 saturated carbocycles. The first-order valence-electron chi connectivity index (χ1n) is 9.56. The van der Waals surface area contributed by atoms with Gasteiger partial charge in [-0.3, -0.25) is 15.0 Å². The predicted octanol–water partition coefficient (Wildman–Crippen LogP) is -1.39. The molecule has 0 spiro atoms. The number of alkyl halides is 1. The normalized spacial score (nSPS) is 41.0. The van der Waals surface area contributed by atoms with Gasteiger partial charge in [0.25, 0.3) is 0 Å². The number of rotatable bonds is 3. The minimum Gasteiger partial charge on any atom is -0.339 e. The molecule has 0 aromatic rings. The second-order valence-corrected chi connectivity index (χ2v) is 7.73. The summed E-state index contributed by atoms with van der Waals surface area (Å²) in [6.07, 6.45) is 4.57. The summed E-state index contributed by atoms with van der Waals surface area (Å²) in [7, 11) is 0. The molecule has 0 radical (unpaired) electrons. The van der Waals surface area contributed by atoms with Crippen LogP contribution in [0, 0.1) is 5.92 Å². The maximum absolute atomic E-state index is 13.6. The Morgan fingerprint density at radius 2 is 2.00 bits per heavy atom. The smallest absolute Gasteiger partial charge is 0.230 e. The summed E-state index contributed by atoms with van der Waals surface area (Å²) in [5, 5.41) is 11.4. The van der Waals surface area contributed by atoms with Gasteiger partial charge in [-0.25, -0.2) is 14.8 Å². The number of amides is 1. The molecule has 6 N–H and O–H groups in total. The van der Waals surface area contributed by atoms with Gasteiger partial charge in [-0.2, -0.15) is 0 Å². The van der Waals surface area contributed by atoms with E-state index in [0.717, 1.165) is 13.2 Å². The van der Waals surface area contributed by atoms with Crippen LogP contribution in [0.2, 0.25) is 0 Å². The lowest BCUT2D eigenvalue weighted by molar-refractivity contribution is -0.128. The van der Waals surface area contributed by atoms with Gasteiger partial charge in [-0.15, -0.1) is 0 Å². The zero-order valence-corrected chi connectivity index (χ0v) is 14.6. The molecule has 25 heavy (non-hydrogen) atoms. The third-order valence-corrected chi connectivity index (χ3v) is 6.01. The summed E-state index contributed by atoms with van der Waals surface area (Å²) in [6.45, 7) is 2.10. The Labute approximate surface area is 148 Å². The number of halogens is 1. The van der Waals surface area contributed by atoms with Crippen molar-refractivity contribution in [2.75, 3.05) is 26.3 Å². The van der Waals surface area contributed by atoms with E-state index in [-0.39, 0.29) is 31.3 Å². The Kier molecular flexibility index (Phi) is 5.21. The van der Waals surface area contributed by atoms with Gasteiger partial charge in [0.05, 0.1) is 31.1 Å². The van der Waals surface area contributed by atoms with Crippen LogP contribution >= 0.6 is 0 Å². The monoisotopic (exact) mass is 355 g/mol. The van der Waals surface area contributed by atoms with E-state index in [2.05, 4.69) is 26.3 Å². The number of nitrogens with zero attached hydrogens (tertiary/aromatic N) is 2. The Morgan fingerprint density at radius 1 is 1.20 bits per heavy atom. The van der Waals surface area contributed by atoms with E-state index in [0.29, 0.717) is 6.04 Å². The third-order valence-electron chi connectivity index (χ3n) is 6.01. The summed E-state index contributed by atoms with van der Waals surface area (Å²) >= 11 is 0. The minimum absolute atomic E-state index is 0.00867. The van der Waals surface area contributed by atoms with E-state index in [4.69, 9.17) is 5.73 Å². The highest BCUT2D eigenvalue weighted by molar-refractivity contribution is 5.80. The first-order chi connectivity index (χ1) is 12.1. The largest absolute Gasteiger partial charge is 0.339 e. The van der Waals surface area contributed by atoms with E-state index in [9.17, 15) is 9.18 Å². The van der Waals surface area contributed by atoms with Crippen molar-refractivity contribution in [3.63, 3.8) is 0 Å². The van der Waals surface area contributed by atoms with E-state index in [1.165, 1.54) is 32.1 Å². The van der Waals surface area contributed by atoms with Crippen molar-refractivity contribution in [2.45, 2.75) is 62.8 Å². The van der Waals surface area contributed by atoms with Gasteiger partial charge in [-0.05, 0) is 12.8 Å². The predicted molar refractivity (Wildman–Crippen MR) is 91.5 cm³/mol. The Morgan fingerprint density at radius 3 is 2.80 bits per heavy atom. The molecule has 0 bridgehead atoms. The molecule has 5 atom stereocenters. The molecule has 142 valence electrons. The van der Waals surface area contributed by atoms with Crippen LogP contribution in [-0.4, -0.2) is 72.8 Å². The maximum Gasteiger partial charge on any atom is 0.230 e. The summed E-state index contributed by atoms with van der Waals surface area (Å²) in [4.78, 5) is 15.3. The van der Waals surface area contributed by atoms with Crippen LogP contribution in [0.15, 0.2) is 0 Å². The number of nitrogens with one attached hydrogen (secondary N) is 4. The summed E-state index contributed by atoms with van der Waals surface area (Å²) in [6, 6.07) is 0.543. The molecular weight excluding hydrogens is 325 g/mol. The van der Waals surface area contributed by atoms with Crippen molar-refractivity contribution in [3.05, 3.63) is 0 Å². The van der Waals surface area contributed by atoms with Crippen molar-refractivity contribution in [2.24, 2.45) is 11.7 Å². The van der Waals surface area contributed by atoms with Crippen LogP contribution in [0.25, 0.3) is 0 Å². The number of hydrazine groups is 1. The van der Waals surface area contributed by atoms with Crippen LogP contribution in [-0.2, 0) is 4.79 Å². The lowest BCUT2D eigenvalue weighted by Crippen LogP contribution is -2.60. The van der Waals surface area contributed by atoms with Gasteiger partial charge < -0.3 is 16.4 Å². The van der Waals surface area contributed by atoms with Gasteiger partial charge in [0.2, 0.25) is 5.91 Å². The van der Waals surface area contributed by atoms with Gasteiger partial charge >= 0.3 is 0 Å². The van der Waals surface area contributed by atoms with Crippen molar-refractivity contribution >= 4 is 5.91 Å². The Hall–Kier alpha value is -0.840. The number of hydrogen-bond donors (Lipinski definition) is 5. The quantitative estimate of drug-likeness (QED) is 0.425. The molecular formula is C16H30FN7O. The summed E-state index contributed by atoms with van der Waals surface area (Å²) in [5.41, 5.74) is 9.17. The lowest BCUT2D eigenvalue weighted by atomic mass is 9.94. The Bertz CT molecular complexity index is 489. The summed E-state index contributed by atoms with van der Waals surface area (Å²) in [5.74, 6) is -0.492. The van der Waals surface area contributed by atoms with Crippen LogP contribution in [0.3, 0.4) is 0 Å². The fourth-order valence-electron chi connectivity index (χ4n) is 4.73. The average molecular weight is 355 g/mol. The van der Waals surface area contributed by atoms with Gasteiger partial charge in [0.1, 0.15) is 6.17 Å². The molecule has 1 amide bonds. The fraction of sp³-hybridized carbons (Fsp3) is 0.938. The molecule has 1 aliphatic carbocycles. The van der Waals surface area contributed by atoms with E-state index < -0.39 is 18.3 Å². The van der Waals surface area contributed by atoms with Gasteiger partial charge in [0.15, 0.2) is 0 Å². The number of carbonyl (C=O) groups is 1. The standard InChI is InChI=1S/C16H30FN7O/c17-10-6-20-15-13(14(18)22-24(15)8-10)16(25)21-12-7-19-9-23(12)11-4-2-1-3-5-11/h10-15,19-20,22H,1-9,18H2,(H,21,25). The SMILES string of the molecule is NC1NN2CC(F)CNC2C1C(=O)NC1CNCN1C1CCCCC1. The first kappa shape index (κ1) is 17.6. The van der Waals surface area contributed by atoms with Crippen LogP contribution in [0.4, 0.5) is 4.39 Å². The molecule has 4 rings (SSSR count). The molecule has 8 nitrogen and oxygen atoms in total. The van der Waals surface area contributed by atoms with E-state index in [1.807, 2.05) is 0 Å². The number of carbonyl (C=O) groups excluding carboxylic acids is 1. The fourth-order valence-corrected chi connectivity index (χ4v) is 4.73. The molecule has 3 aliphatic heterocycles. The van der Waals surface area contributed by atoms with Crippen LogP contribution < -0.4 is 27.1 Å². The second kappa shape index (κ2) is 7.42. The van der Waals surface area contributed by atoms with Gasteiger partial charge in [-0.1, -0.05) is 19.3 Å². The van der Waals surface area contributed by atoms with E-state index in [1.54, 1.807) is 5.01 Å². The lowest BCUT2D eigenvalue weighted by Gasteiger charge is -2.36. The highest BCUT2D eigenvalue weighted by atomic mass is 19.1. The number of nitrogens with two attached hydrogens (primary N) is 1. The maximum atomic E-state index is 13.6. The third kappa shape index (κ3) is 3.54. The van der Waals surface area contributed by atoms with Gasteiger partial charge in [0, 0.05) is 25.7 Å². The molecule has 5 unspecified atom stereocenters. The average Bonchev–Trinajstić information content (AvgIpc) is 3.18. The molecule has 3 heterocycles. The zero-order chi connectivity index (χ0) is 17.4. The highest BCUT2D eigenvalue weighted by Crippen LogP contribution is 2.26. The molecule has 0 aromatic heterocycles. The molecule has 0 aromatic carbocycles. The molecule has 4 fully saturated rings. The second-order valence-electron chi connectivity index (χ2n) is 7.73. The summed E-state index contributed by atoms with van der Waals surface area (Å²) < 4.78 is 13.6. The zero-order valence-electron chi connectivity index (χ0n) is 14.6. The van der Waals surface area contributed by atoms with Crippen LogP contribution in [0.1, 0.15) is 32.1 Å². The molecule has 4 aliphatic rings. The number of hydrogen-bond acceptors (Lipinski definition) is 7.